The topological polar surface area (TPSA) is 38.3 Å². The third kappa shape index (κ3) is 3.50. The zero-order chi connectivity index (χ0) is 13.7. The summed E-state index contributed by atoms with van der Waals surface area (Å²) in [6, 6.07) is 0.500. The zero-order valence-corrected chi connectivity index (χ0v) is 12.5. The number of methoxy groups -OCH3 is 1. The Morgan fingerprint density at radius 2 is 1.53 bits per heavy atom. The molecule has 2 saturated carbocycles. The van der Waals surface area contributed by atoms with E-state index >= 15 is 0 Å². The van der Waals surface area contributed by atoms with Crippen LogP contribution < -0.4 is 5.32 Å². The molecule has 1 N–H and O–H groups in total. The summed E-state index contributed by atoms with van der Waals surface area (Å²) in [4.78, 5) is 12.3. The lowest BCUT2D eigenvalue weighted by Gasteiger charge is -2.41. The van der Waals surface area contributed by atoms with Gasteiger partial charge >= 0.3 is 5.97 Å². The quantitative estimate of drug-likeness (QED) is 0.793. The molecule has 2 aliphatic rings. The van der Waals surface area contributed by atoms with Crippen molar-refractivity contribution in [1.29, 1.82) is 0 Å². The van der Waals surface area contributed by atoms with Crippen molar-refractivity contribution >= 4 is 5.97 Å². The first-order valence-electron chi connectivity index (χ1n) is 8.03. The Kier molecular flexibility index (Phi) is 5.26. The van der Waals surface area contributed by atoms with Gasteiger partial charge in [0.05, 0.1) is 7.11 Å². The number of carbonyl (C=O) groups excluding carboxylic acids is 1. The van der Waals surface area contributed by atoms with Crippen LogP contribution in [-0.2, 0) is 9.53 Å². The molecular weight excluding hydrogens is 238 g/mol. The molecule has 0 bridgehead atoms. The first-order chi connectivity index (χ1) is 9.16. The summed E-state index contributed by atoms with van der Waals surface area (Å²) in [5.41, 5.74) is -0.475. The second-order valence-electron chi connectivity index (χ2n) is 6.51. The Morgan fingerprint density at radius 3 is 2.05 bits per heavy atom. The largest absolute Gasteiger partial charge is 0.468 e. The molecule has 3 nitrogen and oxygen atoms in total. The molecule has 0 radical (unpaired) electrons. The maximum Gasteiger partial charge on any atom is 0.326 e. The van der Waals surface area contributed by atoms with Crippen LogP contribution in [0.25, 0.3) is 0 Å². The van der Waals surface area contributed by atoms with Gasteiger partial charge in [-0.2, -0.15) is 0 Å². The van der Waals surface area contributed by atoms with E-state index in [2.05, 4.69) is 12.2 Å². The molecule has 2 aliphatic carbocycles. The van der Waals surface area contributed by atoms with Gasteiger partial charge in [0.15, 0.2) is 0 Å². The van der Waals surface area contributed by atoms with Gasteiger partial charge in [-0.25, -0.2) is 0 Å². The molecule has 0 aliphatic heterocycles. The number of hydrogen-bond donors (Lipinski definition) is 1. The van der Waals surface area contributed by atoms with E-state index in [-0.39, 0.29) is 5.97 Å². The number of rotatable bonds is 4. The molecule has 0 amide bonds. The lowest BCUT2D eigenvalue weighted by atomic mass is 9.74. The monoisotopic (exact) mass is 267 g/mol. The Labute approximate surface area is 117 Å². The van der Waals surface area contributed by atoms with Gasteiger partial charge in [0.25, 0.3) is 0 Å². The first-order valence-corrected chi connectivity index (χ1v) is 8.03. The lowest BCUT2D eigenvalue weighted by Crippen LogP contribution is -2.59. The minimum atomic E-state index is -0.475. The molecule has 0 saturated heterocycles. The van der Waals surface area contributed by atoms with Crippen LogP contribution in [0.5, 0.6) is 0 Å². The summed E-state index contributed by atoms with van der Waals surface area (Å²) < 4.78 is 5.11. The summed E-state index contributed by atoms with van der Waals surface area (Å²) in [7, 11) is 1.52. The van der Waals surface area contributed by atoms with E-state index in [0.29, 0.717) is 12.0 Å². The Bertz CT molecular complexity index is 293. The van der Waals surface area contributed by atoms with Crippen LogP contribution >= 0.6 is 0 Å². The number of esters is 1. The van der Waals surface area contributed by atoms with Crippen molar-refractivity contribution in [3.8, 4) is 0 Å². The highest BCUT2D eigenvalue weighted by Crippen LogP contribution is 2.35. The number of ether oxygens (including phenoxy) is 1. The van der Waals surface area contributed by atoms with Crippen LogP contribution in [0.2, 0.25) is 0 Å². The maximum absolute atomic E-state index is 12.3. The van der Waals surface area contributed by atoms with Gasteiger partial charge < -0.3 is 4.74 Å². The third-order valence-electron chi connectivity index (χ3n) is 5.14. The molecule has 110 valence electrons. The highest BCUT2D eigenvalue weighted by molar-refractivity contribution is 5.80. The average molecular weight is 267 g/mol. The Morgan fingerprint density at radius 1 is 1.00 bits per heavy atom. The molecule has 2 fully saturated rings. The maximum atomic E-state index is 12.3. The number of nitrogens with one attached hydrogen (secondary N) is 1. The molecule has 0 aromatic heterocycles. The summed E-state index contributed by atoms with van der Waals surface area (Å²) in [6.07, 6.45) is 12.5. The first kappa shape index (κ1) is 14.8. The van der Waals surface area contributed by atoms with Crippen molar-refractivity contribution in [3.63, 3.8) is 0 Å². The standard InChI is InChI=1S/C16H29NO2/c1-16(15(18)19-2,13-9-5-3-6-10-13)17-14-11-7-4-8-12-14/h13-14,17H,3-12H2,1-2H3. The number of hydrogen-bond acceptors (Lipinski definition) is 3. The van der Waals surface area contributed by atoms with Crippen molar-refractivity contribution in [2.24, 2.45) is 5.92 Å². The van der Waals surface area contributed by atoms with E-state index in [1.807, 2.05) is 0 Å². The van der Waals surface area contributed by atoms with Gasteiger partial charge in [-0.1, -0.05) is 38.5 Å². The van der Waals surface area contributed by atoms with Crippen molar-refractivity contribution in [3.05, 3.63) is 0 Å². The molecule has 0 aromatic rings. The zero-order valence-electron chi connectivity index (χ0n) is 12.5. The van der Waals surface area contributed by atoms with Crippen molar-refractivity contribution in [1.82, 2.24) is 5.32 Å². The van der Waals surface area contributed by atoms with Crippen molar-refractivity contribution < 1.29 is 9.53 Å². The van der Waals surface area contributed by atoms with Gasteiger partial charge in [0, 0.05) is 6.04 Å². The van der Waals surface area contributed by atoms with E-state index in [9.17, 15) is 4.79 Å². The minimum Gasteiger partial charge on any atom is -0.468 e. The molecular formula is C16H29NO2. The molecule has 0 heterocycles. The van der Waals surface area contributed by atoms with E-state index in [1.54, 1.807) is 0 Å². The van der Waals surface area contributed by atoms with Crippen LogP contribution in [0.3, 0.4) is 0 Å². The molecule has 19 heavy (non-hydrogen) atoms. The van der Waals surface area contributed by atoms with Crippen molar-refractivity contribution in [2.45, 2.75) is 82.7 Å². The minimum absolute atomic E-state index is 0.0648. The predicted molar refractivity (Wildman–Crippen MR) is 77.0 cm³/mol. The molecule has 1 atom stereocenters. The van der Waals surface area contributed by atoms with Crippen LogP contribution in [0, 0.1) is 5.92 Å². The smallest absolute Gasteiger partial charge is 0.326 e. The molecule has 2 rings (SSSR count). The fourth-order valence-electron chi connectivity index (χ4n) is 3.91. The van der Waals surface area contributed by atoms with Crippen LogP contribution in [0.4, 0.5) is 0 Å². The summed E-state index contributed by atoms with van der Waals surface area (Å²) in [5, 5.41) is 3.68. The lowest BCUT2D eigenvalue weighted by molar-refractivity contribution is -0.151. The normalized spacial score (nSPS) is 25.8. The van der Waals surface area contributed by atoms with E-state index in [4.69, 9.17) is 4.74 Å². The van der Waals surface area contributed by atoms with Gasteiger partial charge in [0.2, 0.25) is 0 Å². The van der Waals surface area contributed by atoms with Gasteiger partial charge in [-0.3, -0.25) is 10.1 Å². The van der Waals surface area contributed by atoms with Crippen LogP contribution in [0.15, 0.2) is 0 Å². The Hall–Kier alpha value is -0.570. The fraction of sp³-hybridized carbons (Fsp3) is 0.938. The van der Waals surface area contributed by atoms with E-state index in [1.165, 1.54) is 58.5 Å². The van der Waals surface area contributed by atoms with E-state index in [0.717, 1.165) is 12.8 Å². The van der Waals surface area contributed by atoms with Gasteiger partial charge in [-0.05, 0) is 38.5 Å². The van der Waals surface area contributed by atoms with Crippen LogP contribution in [-0.4, -0.2) is 24.7 Å². The number of carbonyl (C=O) groups is 1. The van der Waals surface area contributed by atoms with Gasteiger partial charge in [0.1, 0.15) is 5.54 Å². The SMILES string of the molecule is COC(=O)C(C)(NC1CCCCC1)C1CCCCC1. The summed E-state index contributed by atoms with van der Waals surface area (Å²) in [6.45, 7) is 2.07. The molecule has 0 aromatic carbocycles. The fourth-order valence-corrected chi connectivity index (χ4v) is 3.91. The average Bonchev–Trinajstić information content (AvgIpc) is 2.48. The summed E-state index contributed by atoms with van der Waals surface area (Å²) in [5.74, 6) is 0.376. The second kappa shape index (κ2) is 6.74. The van der Waals surface area contributed by atoms with Crippen molar-refractivity contribution in [2.75, 3.05) is 7.11 Å². The summed E-state index contributed by atoms with van der Waals surface area (Å²) >= 11 is 0. The second-order valence-corrected chi connectivity index (χ2v) is 6.51. The molecule has 0 spiro atoms. The predicted octanol–water partition coefficient (Wildman–Crippen LogP) is 3.42. The molecule has 1 unspecified atom stereocenters. The third-order valence-corrected chi connectivity index (χ3v) is 5.14. The molecule has 3 heteroatoms. The van der Waals surface area contributed by atoms with Gasteiger partial charge in [-0.15, -0.1) is 0 Å². The highest BCUT2D eigenvalue weighted by atomic mass is 16.5. The van der Waals surface area contributed by atoms with Crippen LogP contribution in [0.1, 0.15) is 71.1 Å². The highest BCUT2D eigenvalue weighted by Gasteiger charge is 2.43. The Balaban J connectivity index is 2.06. The van der Waals surface area contributed by atoms with E-state index < -0.39 is 5.54 Å².